The van der Waals surface area contributed by atoms with Crippen LogP contribution in [0.25, 0.3) is 0 Å². The van der Waals surface area contributed by atoms with Crippen LogP contribution in [-0.4, -0.2) is 11.1 Å². The van der Waals surface area contributed by atoms with Crippen LogP contribution >= 0.6 is 27.3 Å². The number of rotatable bonds is 5. The molecule has 1 aromatic heterocycles. The van der Waals surface area contributed by atoms with Gasteiger partial charge in [0.05, 0.1) is 6.42 Å². The summed E-state index contributed by atoms with van der Waals surface area (Å²) in [5, 5.41) is 8.79. The van der Waals surface area contributed by atoms with E-state index in [1.165, 1.54) is 9.75 Å². The number of carboxylic acid groups (broad SMARTS) is 1. The first-order valence-electron chi connectivity index (χ1n) is 5.27. The van der Waals surface area contributed by atoms with E-state index < -0.39 is 5.97 Å². The lowest BCUT2D eigenvalue weighted by Crippen LogP contribution is -2.17. The highest BCUT2D eigenvalue weighted by molar-refractivity contribution is 9.10. The number of carbonyl (C=O) groups is 1. The second-order valence-electron chi connectivity index (χ2n) is 4.85. The average Bonchev–Trinajstić information content (AvgIpc) is 2.41. The monoisotopic (exact) mass is 304 g/mol. The van der Waals surface area contributed by atoms with Gasteiger partial charge in [-0.25, -0.2) is 0 Å². The third-order valence-corrected chi connectivity index (χ3v) is 4.78. The molecule has 0 amide bonds. The van der Waals surface area contributed by atoms with Gasteiger partial charge < -0.3 is 5.11 Å². The van der Waals surface area contributed by atoms with Crippen LogP contribution in [0, 0.1) is 12.3 Å². The van der Waals surface area contributed by atoms with E-state index in [9.17, 15) is 4.79 Å². The van der Waals surface area contributed by atoms with E-state index in [0.717, 1.165) is 17.3 Å². The first-order valence-corrected chi connectivity index (χ1v) is 6.88. The molecule has 1 rings (SSSR count). The highest BCUT2D eigenvalue weighted by atomic mass is 79.9. The molecule has 16 heavy (non-hydrogen) atoms. The normalized spacial score (nSPS) is 11.8. The van der Waals surface area contributed by atoms with Crippen LogP contribution in [0.4, 0.5) is 0 Å². The van der Waals surface area contributed by atoms with Crippen LogP contribution in [-0.2, 0) is 11.2 Å². The lowest BCUT2D eigenvalue weighted by atomic mass is 9.84. The molecule has 1 N–H and O–H groups in total. The zero-order valence-corrected chi connectivity index (χ0v) is 12.2. The summed E-state index contributed by atoms with van der Waals surface area (Å²) in [6.07, 6.45) is 2.10. The Balaban J connectivity index is 2.53. The van der Waals surface area contributed by atoms with Gasteiger partial charge in [-0.15, -0.1) is 11.3 Å². The third-order valence-electron chi connectivity index (χ3n) is 2.59. The van der Waals surface area contributed by atoms with Crippen molar-refractivity contribution < 1.29 is 9.90 Å². The summed E-state index contributed by atoms with van der Waals surface area (Å²) in [7, 11) is 0. The minimum Gasteiger partial charge on any atom is -0.481 e. The Morgan fingerprint density at radius 1 is 1.56 bits per heavy atom. The van der Waals surface area contributed by atoms with Crippen LogP contribution in [0.1, 0.15) is 36.4 Å². The smallest absolute Gasteiger partial charge is 0.303 e. The van der Waals surface area contributed by atoms with Gasteiger partial charge in [-0.05, 0) is 47.2 Å². The Morgan fingerprint density at radius 3 is 2.62 bits per heavy atom. The molecule has 0 saturated carbocycles. The average molecular weight is 305 g/mol. The van der Waals surface area contributed by atoms with Gasteiger partial charge in [0.25, 0.3) is 0 Å². The number of carboxylic acids is 1. The second-order valence-corrected chi connectivity index (χ2v) is 7.05. The zero-order valence-electron chi connectivity index (χ0n) is 9.84. The molecule has 0 bridgehead atoms. The summed E-state index contributed by atoms with van der Waals surface area (Å²) >= 11 is 5.27. The fourth-order valence-electron chi connectivity index (χ4n) is 1.60. The van der Waals surface area contributed by atoms with Crippen LogP contribution in [0.15, 0.2) is 10.5 Å². The quantitative estimate of drug-likeness (QED) is 0.883. The van der Waals surface area contributed by atoms with E-state index >= 15 is 0 Å². The molecule has 1 heterocycles. The van der Waals surface area contributed by atoms with Crippen LogP contribution in [0.3, 0.4) is 0 Å². The van der Waals surface area contributed by atoms with Crippen molar-refractivity contribution in [3.63, 3.8) is 0 Å². The number of aliphatic carboxylic acids is 1. The van der Waals surface area contributed by atoms with Crippen molar-refractivity contribution in [2.75, 3.05) is 0 Å². The van der Waals surface area contributed by atoms with E-state index in [4.69, 9.17) is 5.11 Å². The van der Waals surface area contributed by atoms with Crippen molar-refractivity contribution in [3.8, 4) is 0 Å². The molecule has 0 unspecified atom stereocenters. The molecule has 0 aliphatic rings. The van der Waals surface area contributed by atoms with Crippen LogP contribution in [0.2, 0.25) is 0 Å². The summed E-state index contributed by atoms with van der Waals surface area (Å²) in [6, 6.07) is 2.14. The number of aryl methyl sites for hydroxylation is 2. The topological polar surface area (TPSA) is 37.3 Å². The molecule has 90 valence electrons. The van der Waals surface area contributed by atoms with Crippen molar-refractivity contribution in [1.29, 1.82) is 0 Å². The minimum absolute atomic E-state index is 0.129. The molecule has 0 aromatic carbocycles. The standard InChI is InChI=1S/C12H17BrO2S/c1-8-10(13)6-9(16-8)4-5-12(2,3)7-11(14)15/h6H,4-5,7H2,1-3H3,(H,14,15). The maximum Gasteiger partial charge on any atom is 0.303 e. The van der Waals surface area contributed by atoms with Crippen molar-refractivity contribution in [1.82, 2.24) is 0 Å². The highest BCUT2D eigenvalue weighted by Crippen LogP contribution is 2.31. The number of halogens is 1. The summed E-state index contributed by atoms with van der Waals surface area (Å²) in [5.41, 5.74) is -0.129. The molecule has 0 atom stereocenters. The second kappa shape index (κ2) is 5.32. The van der Waals surface area contributed by atoms with Crippen molar-refractivity contribution in [2.24, 2.45) is 5.41 Å². The molecular weight excluding hydrogens is 288 g/mol. The number of hydrogen-bond donors (Lipinski definition) is 1. The van der Waals surface area contributed by atoms with Gasteiger partial charge in [-0.1, -0.05) is 13.8 Å². The summed E-state index contributed by atoms with van der Waals surface area (Å²) < 4.78 is 1.16. The van der Waals surface area contributed by atoms with E-state index in [2.05, 4.69) is 28.9 Å². The predicted molar refractivity (Wildman–Crippen MR) is 71.1 cm³/mol. The Labute approximate surface area is 109 Å². The molecule has 4 heteroatoms. The predicted octanol–water partition coefficient (Wildman–Crippen LogP) is 4.25. The highest BCUT2D eigenvalue weighted by Gasteiger charge is 2.21. The Morgan fingerprint density at radius 2 is 2.19 bits per heavy atom. The minimum atomic E-state index is -0.714. The molecule has 0 aliphatic heterocycles. The van der Waals surface area contributed by atoms with Gasteiger partial charge in [0, 0.05) is 14.2 Å². The van der Waals surface area contributed by atoms with E-state index in [-0.39, 0.29) is 11.8 Å². The van der Waals surface area contributed by atoms with Gasteiger partial charge in [0.1, 0.15) is 0 Å². The van der Waals surface area contributed by atoms with Crippen molar-refractivity contribution in [2.45, 2.75) is 40.0 Å². The number of thiophene rings is 1. The maximum atomic E-state index is 10.7. The fraction of sp³-hybridized carbons (Fsp3) is 0.583. The van der Waals surface area contributed by atoms with Gasteiger partial charge in [0.2, 0.25) is 0 Å². The van der Waals surface area contributed by atoms with Gasteiger partial charge in [-0.3, -0.25) is 4.79 Å². The molecule has 0 spiro atoms. The summed E-state index contributed by atoms with van der Waals surface area (Å²) in [6.45, 7) is 6.11. The fourth-order valence-corrected chi connectivity index (χ4v) is 3.20. The SMILES string of the molecule is Cc1sc(CCC(C)(C)CC(=O)O)cc1Br. The lowest BCUT2D eigenvalue weighted by Gasteiger charge is -2.21. The first kappa shape index (κ1) is 13.7. The molecule has 0 radical (unpaired) electrons. The van der Waals surface area contributed by atoms with Gasteiger partial charge in [0.15, 0.2) is 0 Å². The molecule has 1 aromatic rings. The Bertz CT molecular complexity index is 363. The molecule has 2 nitrogen and oxygen atoms in total. The van der Waals surface area contributed by atoms with Gasteiger partial charge >= 0.3 is 5.97 Å². The Hall–Kier alpha value is -0.350. The maximum absolute atomic E-state index is 10.7. The number of hydrogen-bond acceptors (Lipinski definition) is 2. The molecule has 0 saturated heterocycles. The molecule has 0 aliphatic carbocycles. The van der Waals surface area contributed by atoms with Crippen LogP contribution in [0.5, 0.6) is 0 Å². The van der Waals surface area contributed by atoms with Crippen molar-refractivity contribution in [3.05, 3.63) is 20.3 Å². The van der Waals surface area contributed by atoms with E-state index in [1.807, 2.05) is 13.8 Å². The summed E-state index contributed by atoms with van der Waals surface area (Å²) in [5.74, 6) is -0.714. The largest absolute Gasteiger partial charge is 0.481 e. The van der Waals surface area contributed by atoms with Crippen LogP contribution < -0.4 is 0 Å². The molecular formula is C12H17BrO2S. The third kappa shape index (κ3) is 4.26. The first-order chi connectivity index (χ1) is 7.30. The zero-order chi connectivity index (χ0) is 12.3. The van der Waals surface area contributed by atoms with Gasteiger partial charge in [-0.2, -0.15) is 0 Å². The summed E-state index contributed by atoms with van der Waals surface area (Å²) in [4.78, 5) is 13.3. The Kier molecular flexibility index (Phi) is 4.56. The van der Waals surface area contributed by atoms with Crippen molar-refractivity contribution >= 4 is 33.2 Å². The van der Waals surface area contributed by atoms with E-state index in [1.54, 1.807) is 11.3 Å². The van der Waals surface area contributed by atoms with E-state index in [0.29, 0.717) is 0 Å². The molecule has 0 fully saturated rings. The lowest BCUT2D eigenvalue weighted by molar-refractivity contribution is -0.139.